The second-order valence-corrected chi connectivity index (χ2v) is 7.05. The van der Waals surface area contributed by atoms with Gasteiger partial charge in [-0.1, -0.05) is 34.1 Å². The molecular weight excluding hydrogens is 292 g/mol. The summed E-state index contributed by atoms with van der Waals surface area (Å²) in [6.45, 7) is 10.7. The van der Waals surface area contributed by atoms with Gasteiger partial charge in [-0.25, -0.2) is 9.59 Å². The van der Waals surface area contributed by atoms with Crippen LogP contribution in [-0.2, 0) is 9.47 Å². The van der Waals surface area contributed by atoms with Gasteiger partial charge in [0.05, 0.1) is 23.8 Å². The summed E-state index contributed by atoms with van der Waals surface area (Å²) < 4.78 is 10.6. The third kappa shape index (κ3) is 7.31. The molecule has 4 nitrogen and oxygen atoms in total. The van der Waals surface area contributed by atoms with Crippen LogP contribution in [0.25, 0.3) is 0 Å². The smallest absolute Gasteiger partial charge is 0.338 e. The molecule has 0 bridgehead atoms. The summed E-state index contributed by atoms with van der Waals surface area (Å²) in [5.41, 5.74) is 0.988. The molecule has 23 heavy (non-hydrogen) atoms. The summed E-state index contributed by atoms with van der Waals surface area (Å²) in [5, 5.41) is 0. The lowest BCUT2D eigenvalue weighted by Gasteiger charge is -2.23. The summed E-state index contributed by atoms with van der Waals surface area (Å²) >= 11 is 0. The van der Waals surface area contributed by atoms with Crippen LogP contribution in [0.5, 0.6) is 0 Å². The Balaban J connectivity index is 2.58. The van der Waals surface area contributed by atoms with Crippen molar-refractivity contribution in [1.29, 1.82) is 0 Å². The number of hydrogen-bond donors (Lipinski definition) is 0. The summed E-state index contributed by atoms with van der Waals surface area (Å²) in [6, 6.07) is 6.39. The fraction of sp³-hybridized carbons (Fsp3) is 0.579. The van der Waals surface area contributed by atoms with Gasteiger partial charge in [-0.05, 0) is 49.4 Å². The molecule has 1 aromatic carbocycles. The molecular formula is C19H28O4. The van der Waals surface area contributed by atoms with Crippen molar-refractivity contribution in [3.8, 4) is 0 Å². The molecule has 0 aliphatic carbocycles. The molecule has 128 valence electrons. The minimum absolute atomic E-state index is 0.103. The number of ether oxygens (including phenoxy) is 2. The Labute approximate surface area is 139 Å². The van der Waals surface area contributed by atoms with Gasteiger partial charge < -0.3 is 9.47 Å². The molecule has 0 spiro atoms. The van der Waals surface area contributed by atoms with Crippen LogP contribution in [0, 0.1) is 5.41 Å². The number of benzene rings is 1. The zero-order chi connectivity index (χ0) is 17.5. The molecule has 0 fully saturated rings. The van der Waals surface area contributed by atoms with Crippen LogP contribution in [0.4, 0.5) is 0 Å². The molecule has 0 aliphatic rings. The Morgan fingerprint density at radius 1 is 1.04 bits per heavy atom. The van der Waals surface area contributed by atoms with Crippen LogP contribution in [-0.4, -0.2) is 24.6 Å². The molecule has 1 unspecified atom stereocenters. The fourth-order valence-corrected chi connectivity index (χ4v) is 2.29. The minimum atomic E-state index is -0.368. The Morgan fingerprint density at radius 2 is 1.57 bits per heavy atom. The van der Waals surface area contributed by atoms with Crippen LogP contribution < -0.4 is 0 Å². The second kappa shape index (κ2) is 8.70. The van der Waals surface area contributed by atoms with E-state index < -0.39 is 0 Å². The third-order valence-electron chi connectivity index (χ3n) is 3.30. The van der Waals surface area contributed by atoms with Gasteiger partial charge in [0.25, 0.3) is 0 Å². The van der Waals surface area contributed by atoms with Crippen molar-refractivity contribution in [2.24, 2.45) is 5.41 Å². The molecule has 4 heteroatoms. The van der Waals surface area contributed by atoms with Gasteiger partial charge in [-0.15, -0.1) is 0 Å². The normalized spacial score (nSPS) is 12.6. The molecule has 0 radical (unpaired) electrons. The van der Waals surface area contributed by atoms with Gasteiger partial charge in [-0.2, -0.15) is 0 Å². The van der Waals surface area contributed by atoms with Gasteiger partial charge in [0.2, 0.25) is 0 Å². The summed E-state index contributed by atoms with van der Waals surface area (Å²) in [4.78, 5) is 23.9. The first-order valence-electron chi connectivity index (χ1n) is 8.21. The van der Waals surface area contributed by atoms with E-state index in [-0.39, 0.29) is 23.5 Å². The number of carbonyl (C=O) groups is 2. The predicted molar refractivity (Wildman–Crippen MR) is 90.6 cm³/mol. The van der Waals surface area contributed by atoms with Crippen molar-refractivity contribution in [3.63, 3.8) is 0 Å². The van der Waals surface area contributed by atoms with Crippen LogP contribution in [0.2, 0.25) is 0 Å². The van der Waals surface area contributed by atoms with Crippen LogP contribution >= 0.6 is 0 Å². The maximum Gasteiger partial charge on any atom is 0.338 e. The lowest BCUT2D eigenvalue weighted by atomic mass is 9.90. The van der Waals surface area contributed by atoms with Gasteiger partial charge >= 0.3 is 11.9 Å². The van der Waals surface area contributed by atoms with Gasteiger partial charge in [0, 0.05) is 0 Å². The highest BCUT2D eigenvalue weighted by atomic mass is 16.5. The average Bonchev–Trinajstić information content (AvgIpc) is 2.45. The van der Waals surface area contributed by atoms with E-state index in [2.05, 4.69) is 20.8 Å². The van der Waals surface area contributed by atoms with E-state index in [4.69, 9.17) is 9.47 Å². The number of carbonyl (C=O) groups excluding carboxylic acids is 2. The standard InChI is InChI=1S/C19H28O4/c1-6-7-12-22-17(20)15-8-10-16(11-9-15)18(21)23-14(2)13-19(3,4)5/h8-11,14H,6-7,12-13H2,1-5H3. The van der Waals surface area contributed by atoms with E-state index in [1.165, 1.54) is 0 Å². The molecule has 0 heterocycles. The van der Waals surface area contributed by atoms with Gasteiger partial charge in [0.15, 0.2) is 0 Å². The molecule has 1 rings (SSSR count). The van der Waals surface area contributed by atoms with Crippen molar-refractivity contribution >= 4 is 11.9 Å². The van der Waals surface area contributed by atoms with Crippen molar-refractivity contribution in [3.05, 3.63) is 35.4 Å². The predicted octanol–water partition coefficient (Wildman–Crippen LogP) is 4.63. The second-order valence-electron chi connectivity index (χ2n) is 7.05. The van der Waals surface area contributed by atoms with E-state index >= 15 is 0 Å². The molecule has 0 amide bonds. The zero-order valence-corrected chi connectivity index (χ0v) is 14.8. The third-order valence-corrected chi connectivity index (χ3v) is 3.30. The molecule has 1 atom stereocenters. The maximum atomic E-state index is 12.1. The van der Waals surface area contributed by atoms with E-state index in [1.807, 2.05) is 13.8 Å². The minimum Gasteiger partial charge on any atom is -0.462 e. The first kappa shape index (κ1) is 19.2. The maximum absolute atomic E-state index is 12.1. The molecule has 0 aromatic heterocycles. The number of hydrogen-bond acceptors (Lipinski definition) is 4. The highest BCUT2D eigenvalue weighted by Crippen LogP contribution is 2.22. The Bertz CT molecular complexity index is 511. The molecule has 0 saturated heterocycles. The lowest BCUT2D eigenvalue weighted by molar-refractivity contribution is 0.0252. The van der Waals surface area contributed by atoms with Crippen molar-refractivity contribution in [1.82, 2.24) is 0 Å². The van der Waals surface area contributed by atoms with Crippen molar-refractivity contribution in [2.75, 3.05) is 6.61 Å². The largest absolute Gasteiger partial charge is 0.462 e. The SMILES string of the molecule is CCCCOC(=O)c1ccc(C(=O)OC(C)CC(C)(C)C)cc1. The van der Waals surface area contributed by atoms with Crippen LogP contribution in [0.1, 0.15) is 74.6 Å². The summed E-state index contributed by atoms with van der Waals surface area (Å²) in [6.07, 6.45) is 2.47. The Morgan fingerprint density at radius 3 is 2.04 bits per heavy atom. The molecule has 0 aliphatic heterocycles. The first-order valence-corrected chi connectivity index (χ1v) is 8.21. The summed E-state index contributed by atoms with van der Waals surface area (Å²) in [5.74, 6) is -0.730. The van der Waals surface area contributed by atoms with Crippen molar-refractivity contribution in [2.45, 2.75) is 60.0 Å². The topological polar surface area (TPSA) is 52.6 Å². The van der Waals surface area contributed by atoms with Gasteiger partial charge in [-0.3, -0.25) is 0 Å². The fourth-order valence-electron chi connectivity index (χ4n) is 2.29. The number of rotatable bonds is 7. The van der Waals surface area contributed by atoms with E-state index in [0.717, 1.165) is 19.3 Å². The first-order chi connectivity index (χ1) is 10.7. The Hall–Kier alpha value is -1.84. The number of unbranched alkanes of at least 4 members (excludes halogenated alkanes) is 1. The quantitative estimate of drug-likeness (QED) is 0.543. The van der Waals surface area contributed by atoms with E-state index in [9.17, 15) is 9.59 Å². The average molecular weight is 320 g/mol. The van der Waals surface area contributed by atoms with Gasteiger partial charge in [0.1, 0.15) is 0 Å². The van der Waals surface area contributed by atoms with Crippen LogP contribution in [0.15, 0.2) is 24.3 Å². The zero-order valence-electron chi connectivity index (χ0n) is 14.8. The van der Waals surface area contributed by atoms with Crippen molar-refractivity contribution < 1.29 is 19.1 Å². The summed E-state index contributed by atoms with van der Waals surface area (Å²) in [7, 11) is 0. The molecule has 0 saturated carbocycles. The highest BCUT2D eigenvalue weighted by molar-refractivity contribution is 5.93. The van der Waals surface area contributed by atoms with E-state index in [0.29, 0.717) is 17.7 Å². The highest BCUT2D eigenvalue weighted by Gasteiger charge is 2.19. The van der Waals surface area contributed by atoms with E-state index in [1.54, 1.807) is 24.3 Å². The monoisotopic (exact) mass is 320 g/mol. The van der Waals surface area contributed by atoms with Crippen LogP contribution in [0.3, 0.4) is 0 Å². The lowest BCUT2D eigenvalue weighted by Crippen LogP contribution is -2.21. The molecule has 0 N–H and O–H groups in total. The Kier molecular flexibility index (Phi) is 7.27. The molecule has 1 aromatic rings. The number of esters is 2.